The van der Waals surface area contributed by atoms with Crippen LogP contribution in [0, 0.1) is 6.92 Å². The van der Waals surface area contributed by atoms with Crippen LogP contribution in [0.4, 0.5) is 5.69 Å². The molecule has 2 unspecified atom stereocenters. The Morgan fingerprint density at radius 2 is 2.00 bits per heavy atom. The predicted molar refractivity (Wildman–Crippen MR) is 72.5 cm³/mol. The van der Waals surface area contributed by atoms with Crippen molar-refractivity contribution in [1.82, 2.24) is 5.32 Å². The number of hydrogen-bond acceptors (Lipinski definition) is 2. The Morgan fingerprint density at radius 1 is 1.29 bits per heavy atom. The summed E-state index contributed by atoms with van der Waals surface area (Å²) in [5.41, 5.74) is 5.43. The third-order valence-electron chi connectivity index (χ3n) is 3.95. The first kappa shape index (κ1) is 10.7. The lowest BCUT2D eigenvalue weighted by Crippen LogP contribution is -2.28. The molecule has 1 aliphatic carbocycles. The second-order valence-electron chi connectivity index (χ2n) is 5.07. The van der Waals surface area contributed by atoms with E-state index in [1.165, 1.54) is 17.5 Å². The molecule has 2 heteroatoms. The number of aryl methyl sites for hydroxylation is 1. The Hall–Kier alpha value is -1.41. The van der Waals surface area contributed by atoms with Crippen LogP contribution in [0.1, 0.15) is 34.9 Å². The standard InChI is InChI=1S/C15H18N2/c1-3-4-17-15-7-14-12-6-11(8-16-9-12)13(14)5-10(15)2/h3-5,7,11-12,16H,1,6,8-9H2,2H3/b17-4-. The maximum absolute atomic E-state index is 4.45. The van der Waals surface area contributed by atoms with Gasteiger partial charge in [-0.3, -0.25) is 4.99 Å². The Balaban J connectivity index is 2.07. The van der Waals surface area contributed by atoms with Gasteiger partial charge in [0.25, 0.3) is 0 Å². The lowest BCUT2D eigenvalue weighted by atomic mass is 9.98. The molecule has 0 spiro atoms. The summed E-state index contributed by atoms with van der Waals surface area (Å²) >= 11 is 0. The number of fused-ring (bicyclic) bond motifs is 5. The van der Waals surface area contributed by atoms with Gasteiger partial charge in [0, 0.05) is 19.3 Å². The van der Waals surface area contributed by atoms with Crippen LogP contribution in [0.15, 0.2) is 29.8 Å². The van der Waals surface area contributed by atoms with E-state index in [1.807, 2.05) is 0 Å². The molecule has 2 aliphatic rings. The summed E-state index contributed by atoms with van der Waals surface area (Å²) in [4.78, 5) is 4.45. The molecule has 1 aromatic rings. The summed E-state index contributed by atoms with van der Waals surface area (Å²) < 4.78 is 0. The number of nitrogens with one attached hydrogen (secondary N) is 1. The van der Waals surface area contributed by atoms with Crippen molar-refractivity contribution in [3.63, 3.8) is 0 Å². The summed E-state index contributed by atoms with van der Waals surface area (Å²) in [6, 6.07) is 4.62. The first-order valence-corrected chi connectivity index (χ1v) is 6.30. The number of aliphatic imine (C=N–C) groups is 1. The van der Waals surface area contributed by atoms with Gasteiger partial charge in [-0.25, -0.2) is 0 Å². The summed E-state index contributed by atoms with van der Waals surface area (Å²) in [5.74, 6) is 1.42. The highest BCUT2D eigenvalue weighted by atomic mass is 14.9. The van der Waals surface area contributed by atoms with Crippen molar-refractivity contribution in [1.29, 1.82) is 0 Å². The van der Waals surface area contributed by atoms with Crippen LogP contribution in [0.2, 0.25) is 0 Å². The van der Waals surface area contributed by atoms with Crippen LogP contribution in [0.5, 0.6) is 0 Å². The molecule has 1 aliphatic heterocycles. The zero-order chi connectivity index (χ0) is 11.8. The van der Waals surface area contributed by atoms with Gasteiger partial charge < -0.3 is 5.32 Å². The van der Waals surface area contributed by atoms with Crippen molar-refractivity contribution in [2.75, 3.05) is 13.1 Å². The van der Waals surface area contributed by atoms with Gasteiger partial charge in [0.2, 0.25) is 0 Å². The highest BCUT2D eigenvalue weighted by Crippen LogP contribution is 2.45. The molecule has 1 saturated heterocycles. The van der Waals surface area contributed by atoms with Crippen molar-refractivity contribution in [3.05, 3.63) is 41.5 Å². The first-order valence-electron chi connectivity index (χ1n) is 6.30. The van der Waals surface area contributed by atoms with Gasteiger partial charge in [0.1, 0.15) is 0 Å². The summed E-state index contributed by atoms with van der Waals surface area (Å²) in [5, 5.41) is 3.52. The quantitative estimate of drug-likeness (QED) is 0.770. The average Bonchev–Trinajstić information content (AvgIpc) is 2.58. The number of nitrogens with zero attached hydrogens (tertiary/aromatic N) is 1. The summed E-state index contributed by atoms with van der Waals surface area (Å²) in [6.07, 6.45) is 4.82. The lowest BCUT2D eigenvalue weighted by molar-refractivity contribution is 0.454. The van der Waals surface area contributed by atoms with Crippen LogP contribution in [0.3, 0.4) is 0 Å². The molecule has 2 bridgehead atoms. The van der Waals surface area contributed by atoms with Gasteiger partial charge in [0.15, 0.2) is 0 Å². The van der Waals surface area contributed by atoms with Crippen molar-refractivity contribution in [2.24, 2.45) is 4.99 Å². The maximum Gasteiger partial charge on any atom is 0.0661 e. The third kappa shape index (κ3) is 1.73. The molecule has 0 amide bonds. The minimum Gasteiger partial charge on any atom is -0.316 e. The van der Waals surface area contributed by atoms with Crippen molar-refractivity contribution >= 4 is 11.9 Å². The van der Waals surface area contributed by atoms with E-state index < -0.39 is 0 Å². The number of allylic oxidation sites excluding steroid dienone is 1. The third-order valence-corrected chi connectivity index (χ3v) is 3.95. The van der Waals surface area contributed by atoms with E-state index in [0.29, 0.717) is 5.92 Å². The predicted octanol–water partition coefficient (Wildman–Crippen LogP) is 3.06. The zero-order valence-electron chi connectivity index (χ0n) is 10.2. The minimum atomic E-state index is 0.696. The van der Waals surface area contributed by atoms with Crippen molar-refractivity contribution in [2.45, 2.75) is 25.2 Å². The lowest BCUT2D eigenvalue weighted by Gasteiger charge is -2.19. The smallest absolute Gasteiger partial charge is 0.0661 e. The van der Waals surface area contributed by atoms with E-state index in [9.17, 15) is 0 Å². The summed E-state index contributed by atoms with van der Waals surface area (Å²) in [6.45, 7) is 8.08. The molecule has 0 saturated carbocycles. The molecule has 1 N–H and O–H groups in total. The summed E-state index contributed by atoms with van der Waals surface area (Å²) in [7, 11) is 0. The fourth-order valence-electron chi connectivity index (χ4n) is 3.13. The van der Waals surface area contributed by atoms with Gasteiger partial charge >= 0.3 is 0 Å². The molecule has 2 atom stereocenters. The van der Waals surface area contributed by atoms with Crippen molar-refractivity contribution < 1.29 is 0 Å². The molecule has 17 heavy (non-hydrogen) atoms. The van der Waals surface area contributed by atoms with E-state index in [-0.39, 0.29) is 0 Å². The molecule has 88 valence electrons. The fraction of sp³-hybridized carbons (Fsp3) is 0.400. The van der Waals surface area contributed by atoms with E-state index in [0.717, 1.165) is 24.7 Å². The molecular weight excluding hydrogens is 208 g/mol. The van der Waals surface area contributed by atoms with Crippen LogP contribution in [-0.4, -0.2) is 19.3 Å². The van der Waals surface area contributed by atoms with Crippen LogP contribution in [-0.2, 0) is 0 Å². The highest BCUT2D eigenvalue weighted by Gasteiger charge is 2.34. The Bertz CT molecular complexity index is 488. The normalized spacial score (nSPS) is 26.2. The molecule has 3 rings (SSSR count). The Labute approximate surface area is 102 Å². The van der Waals surface area contributed by atoms with E-state index in [4.69, 9.17) is 0 Å². The Kier molecular flexibility index (Phi) is 2.60. The van der Waals surface area contributed by atoms with Crippen molar-refractivity contribution in [3.8, 4) is 0 Å². The van der Waals surface area contributed by atoms with E-state index in [2.05, 4.69) is 35.9 Å². The SMILES string of the molecule is C=C/C=N\c1cc2c(cc1C)C1CNCC2C1. The molecule has 0 aromatic heterocycles. The second kappa shape index (κ2) is 4.11. The van der Waals surface area contributed by atoms with Gasteiger partial charge in [-0.05, 0) is 47.9 Å². The van der Waals surface area contributed by atoms with Gasteiger partial charge in [0.05, 0.1) is 5.69 Å². The number of hydrogen-bond donors (Lipinski definition) is 1. The second-order valence-corrected chi connectivity index (χ2v) is 5.07. The molecule has 2 nitrogen and oxygen atoms in total. The number of rotatable bonds is 2. The van der Waals surface area contributed by atoms with Gasteiger partial charge in [-0.1, -0.05) is 18.7 Å². The molecular formula is C15H18N2. The molecule has 1 aromatic carbocycles. The highest BCUT2D eigenvalue weighted by molar-refractivity contribution is 5.74. The van der Waals surface area contributed by atoms with Crippen LogP contribution >= 0.6 is 0 Å². The van der Waals surface area contributed by atoms with Crippen LogP contribution < -0.4 is 5.32 Å². The largest absolute Gasteiger partial charge is 0.316 e. The number of piperidine rings is 1. The van der Waals surface area contributed by atoms with Gasteiger partial charge in [-0.2, -0.15) is 0 Å². The number of benzene rings is 1. The average molecular weight is 226 g/mol. The van der Waals surface area contributed by atoms with Gasteiger partial charge in [-0.15, -0.1) is 0 Å². The van der Waals surface area contributed by atoms with E-state index in [1.54, 1.807) is 17.9 Å². The maximum atomic E-state index is 4.45. The Morgan fingerprint density at radius 3 is 2.71 bits per heavy atom. The first-order chi connectivity index (χ1) is 8.29. The minimum absolute atomic E-state index is 0.696. The molecule has 0 radical (unpaired) electrons. The van der Waals surface area contributed by atoms with Crippen LogP contribution in [0.25, 0.3) is 0 Å². The monoisotopic (exact) mass is 226 g/mol. The topological polar surface area (TPSA) is 24.4 Å². The fourth-order valence-corrected chi connectivity index (χ4v) is 3.13. The zero-order valence-corrected chi connectivity index (χ0v) is 10.2. The van der Waals surface area contributed by atoms with E-state index >= 15 is 0 Å². The molecule has 1 fully saturated rings. The molecule has 1 heterocycles.